The molecule has 122 valence electrons. The fraction of sp³-hybridized carbons (Fsp3) is 0.111. The van der Waals surface area contributed by atoms with Crippen molar-refractivity contribution in [2.75, 3.05) is 0 Å². The quantitative estimate of drug-likeness (QED) is 0.771. The van der Waals surface area contributed by atoms with Crippen LogP contribution >= 0.6 is 0 Å². The first-order valence-electron chi connectivity index (χ1n) is 7.39. The number of carbonyl (C=O) groups excluding carboxylic acids is 1. The van der Waals surface area contributed by atoms with Crippen molar-refractivity contribution in [3.63, 3.8) is 0 Å². The molecule has 0 aliphatic heterocycles. The van der Waals surface area contributed by atoms with Crippen molar-refractivity contribution in [2.24, 2.45) is 0 Å². The molecule has 3 aromatic rings. The van der Waals surface area contributed by atoms with Gasteiger partial charge < -0.3 is 19.4 Å². The molecule has 0 spiro atoms. The Morgan fingerprint density at radius 2 is 1.96 bits per heavy atom. The van der Waals surface area contributed by atoms with E-state index in [1.807, 2.05) is 53.4 Å². The minimum atomic E-state index is -0.681. The first-order chi connectivity index (χ1) is 11.5. The van der Waals surface area contributed by atoms with E-state index < -0.39 is 17.1 Å². The van der Waals surface area contributed by atoms with E-state index in [-0.39, 0.29) is 18.1 Å². The number of aromatic nitrogens is 1. The number of hydrogen-bond acceptors (Lipinski definition) is 4. The first kappa shape index (κ1) is 15.6. The molecule has 6 nitrogen and oxygen atoms in total. The number of nitrogens with zero attached hydrogens (tertiary/aromatic N) is 1. The third-order valence-electron chi connectivity index (χ3n) is 3.52. The predicted molar refractivity (Wildman–Crippen MR) is 88.3 cm³/mol. The maximum atomic E-state index is 12.1. The van der Waals surface area contributed by atoms with Gasteiger partial charge in [0.2, 0.25) is 16.9 Å². The van der Waals surface area contributed by atoms with Crippen LogP contribution in [-0.2, 0) is 6.54 Å². The summed E-state index contributed by atoms with van der Waals surface area (Å²) in [6, 6.07) is 12.6. The molecule has 1 amide bonds. The summed E-state index contributed by atoms with van der Waals surface area (Å²) in [6.07, 6.45) is 3.86. The van der Waals surface area contributed by atoms with Crippen LogP contribution in [0.2, 0.25) is 0 Å². The molecule has 0 radical (unpaired) electrons. The maximum absolute atomic E-state index is 12.1. The monoisotopic (exact) mass is 324 g/mol. The fourth-order valence-corrected chi connectivity index (χ4v) is 2.35. The summed E-state index contributed by atoms with van der Waals surface area (Å²) in [5.41, 5.74) is 1.21. The highest BCUT2D eigenvalue weighted by molar-refractivity contribution is 5.93. The summed E-state index contributed by atoms with van der Waals surface area (Å²) >= 11 is 0. The van der Waals surface area contributed by atoms with E-state index >= 15 is 0 Å². The Hall–Kier alpha value is -3.28. The van der Waals surface area contributed by atoms with E-state index in [1.165, 1.54) is 6.92 Å². The van der Waals surface area contributed by atoms with Gasteiger partial charge in [0.25, 0.3) is 5.91 Å². The zero-order chi connectivity index (χ0) is 17.1. The van der Waals surface area contributed by atoms with Crippen LogP contribution in [0, 0.1) is 6.92 Å². The molecule has 6 heteroatoms. The molecule has 0 atom stereocenters. The van der Waals surface area contributed by atoms with Gasteiger partial charge in [0, 0.05) is 30.7 Å². The second-order valence-corrected chi connectivity index (χ2v) is 5.34. The molecular formula is C18H16N2O4. The van der Waals surface area contributed by atoms with Crippen molar-refractivity contribution in [2.45, 2.75) is 13.5 Å². The van der Waals surface area contributed by atoms with Gasteiger partial charge in [-0.2, -0.15) is 0 Å². The summed E-state index contributed by atoms with van der Waals surface area (Å²) in [4.78, 5) is 23.7. The second-order valence-electron chi connectivity index (χ2n) is 5.34. The molecule has 0 fully saturated rings. The van der Waals surface area contributed by atoms with Gasteiger partial charge in [-0.1, -0.05) is 12.1 Å². The average molecular weight is 324 g/mol. The summed E-state index contributed by atoms with van der Waals surface area (Å²) in [5.74, 6) is -1.43. The van der Waals surface area contributed by atoms with Crippen LogP contribution in [0.4, 0.5) is 0 Å². The van der Waals surface area contributed by atoms with E-state index in [0.29, 0.717) is 0 Å². The summed E-state index contributed by atoms with van der Waals surface area (Å²) in [5, 5.41) is 12.3. The van der Waals surface area contributed by atoms with Crippen LogP contribution < -0.4 is 10.7 Å². The zero-order valence-electron chi connectivity index (χ0n) is 13.0. The number of benzene rings is 1. The molecule has 24 heavy (non-hydrogen) atoms. The molecule has 0 saturated carbocycles. The predicted octanol–water partition coefficient (Wildman–Crippen LogP) is 2.37. The van der Waals surface area contributed by atoms with Gasteiger partial charge in [-0.15, -0.1) is 0 Å². The minimum absolute atomic E-state index is 0.241. The largest absolute Gasteiger partial charge is 0.501 e. The van der Waals surface area contributed by atoms with Crippen molar-refractivity contribution < 1.29 is 14.3 Å². The molecule has 0 unspecified atom stereocenters. The number of rotatable bonds is 4. The maximum Gasteiger partial charge on any atom is 0.291 e. The molecule has 0 saturated heterocycles. The molecule has 0 aliphatic carbocycles. The van der Waals surface area contributed by atoms with Crippen LogP contribution in [0.1, 0.15) is 21.9 Å². The molecular weight excluding hydrogens is 308 g/mol. The van der Waals surface area contributed by atoms with Crippen molar-refractivity contribution in [1.29, 1.82) is 0 Å². The van der Waals surface area contributed by atoms with Crippen LogP contribution in [0.15, 0.2) is 64.1 Å². The van der Waals surface area contributed by atoms with Crippen molar-refractivity contribution in [1.82, 2.24) is 9.88 Å². The van der Waals surface area contributed by atoms with Gasteiger partial charge >= 0.3 is 0 Å². The van der Waals surface area contributed by atoms with Gasteiger partial charge in [0.1, 0.15) is 5.76 Å². The molecule has 3 rings (SSSR count). The second kappa shape index (κ2) is 6.45. The van der Waals surface area contributed by atoms with Gasteiger partial charge in [-0.3, -0.25) is 9.59 Å². The highest BCUT2D eigenvalue weighted by Crippen LogP contribution is 2.14. The lowest BCUT2D eigenvalue weighted by molar-refractivity contribution is 0.0913. The Kier molecular flexibility index (Phi) is 4.20. The smallest absolute Gasteiger partial charge is 0.291 e. The van der Waals surface area contributed by atoms with Crippen LogP contribution in [-0.4, -0.2) is 15.6 Å². The van der Waals surface area contributed by atoms with E-state index in [1.54, 1.807) is 0 Å². The number of carbonyl (C=O) groups is 1. The third-order valence-corrected chi connectivity index (χ3v) is 3.52. The van der Waals surface area contributed by atoms with Gasteiger partial charge in [0.05, 0.1) is 0 Å². The van der Waals surface area contributed by atoms with Gasteiger partial charge in [-0.05, 0) is 36.8 Å². The van der Waals surface area contributed by atoms with E-state index in [9.17, 15) is 14.7 Å². The Morgan fingerprint density at radius 1 is 1.21 bits per heavy atom. The SMILES string of the molecule is Cc1cc(=O)c(O)c(C(=O)NCc2cccc(-n3cccc3)c2)o1. The van der Waals surface area contributed by atoms with Crippen LogP contribution in [0.3, 0.4) is 0 Å². The molecule has 0 bridgehead atoms. The molecule has 0 aliphatic rings. The van der Waals surface area contributed by atoms with Crippen LogP contribution in [0.5, 0.6) is 5.75 Å². The minimum Gasteiger partial charge on any atom is -0.501 e. The molecule has 1 aromatic carbocycles. The zero-order valence-corrected chi connectivity index (χ0v) is 13.0. The summed E-state index contributed by atoms with van der Waals surface area (Å²) in [7, 11) is 0. The summed E-state index contributed by atoms with van der Waals surface area (Å²) in [6.45, 7) is 1.78. The topological polar surface area (TPSA) is 84.5 Å². The van der Waals surface area contributed by atoms with E-state index in [2.05, 4.69) is 5.32 Å². The summed E-state index contributed by atoms with van der Waals surface area (Å²) < 4.78 is 7.11. The standard InChI is InChI=1S/C18H16N2O4/c1-12-9-15(21)16(22)17(24-12)18(23)19-11-13-5-4-6-14(10-13)20-7-2-3-8-20/h2-10,22H,11H2,1H3,(H,19,23). The number of amides is 1. The number of aromatic hydroxyl groups is 1. The first-order valence-corrected chi connectivity index (χ1v) is 7.39. The highest BCUT2D eigenvalue weighted by Gasteiger charge is 2.17. The number of hydrogen-bond donors (Lipinski definition) is 2. The normalized spacial score (nSPS) is 10.5. The Balaban J connectivity index is 1.76. The Labute approximate surface area is 138 Å². The molecule has 2 aromatic heterocycles. The highest BCUT2D eigenvalue weighted by atomic mass is 16.4. The third kappa shape index (κ3) is 3.22. The Bertz CT molecular complexity index is 926. The number of nitrogens with one attached hydrogen (secondary N) is 1. The van der Waals surface area contributed by atoms with Crippen LogP contribution in [0.25, 0.3) is 5.69 Å². The van der Waals surface area contributed by atoms with E-state index in [0.717, 1.165) is 17.3 Å². The molecule has 2 N–H and O–H groups in total. The lowest BCUT2D eigenvalue weighted by atomic mass is 10.2. The lowest BCUT2D eigenvalue weighted by Crippen LogP contribution is -2.24. The van der Waals surface area contributed by atoms with E-state index in [4.69, 9.17) is 4.42 Å². The Morgan fingerprint density at radius 3 is 2.71 bits per heavy atom. The molecule has 2 heterocycles. The number of aryl methyl sites for hydroxylation is 1. The lowest BCUT2D eigenvalue weighted by Gasteiger charge is -2.09. The van der Waals surface area contributed by atoms with Gasteiger partial charge in [-0.25, -0.2) is 0 Å². The van der Waals surface area contributed by atoms with Gasteiger partial charge in [0.15, 0.2) is 0 Å². The van der Waals surface area contributed by atoms with Crippen molar-refractivity contribution >= 4 is 5.91 Å². The average Bonchev–Trinajstić information content (AvgIpc) is 3.11. The van der Waals surface area contributed by atoms with Crippen molar-refractivity contribution in [3.05, 3.63) is 82.2 Å². The van der Waals surface area contributed by atoms with Crippen molar-refractivity contribution in [3.8, 4) is 11.4 Å². The fourth-order valence-electron chi connectivity index (χ4n) is 2.35.